The Morgan fingerprint density at radius 2 is 1.78 bits per heavy atom. The van der Waals surface area contributed by atoms with Crippen molar-refractivity contribution in [3.63, 3.8) is 0 Å². The summed E-state index contributed by atoms with van der Waals surface area (Å²) < 4.78 is 73.7. The molecule has 8 nitrogen and oxygen atoms in total. The predicted molar refractivity (Wildman–Crippen MR) is 111 cm³/mol. The summed E-state index contributed by atoms with van der Waals surface area (Å²) in [6.45, 7) is 1.28. The summed E-state index contributed by atoms with van der Waals surface area (Å²) in [5.74, 6) is -0.580. The van der Waals surface area contributed by atoms with Gasteiger partial charge in [-0.1, -0.05) is 6.07 Å². The van der Waals surface area contributed by atoms with Crippen molar-refractivity contribution in [3.8, 4) is 5.75 Å². The minimum Gasteiger partial charge on any atom is -0.495 e. The highest BCUT2D eigenvalue weighted by molar-refractivity contribution is 7.92. The number of nitrogens with zero attached hydrogens (tertiary/aromatic N) is 2. The van der Waals surface area contributed by atoms with Crippen molar-refractivity contribution >= 4 is 27.3 Å². The molecule has 0 saturated heterocycles. The van der Waals surface area contributed by atoms with Crippen molar-refractivity contribution in [2.75, 3.05) is 17.1 Å². The zero-order valence-electron chi connectivity index (χ0n) is 17.2. The number of methoxy groups -OCH3 is 1. The lowest BCUT2D eigenvalue weighted by Crippen LogP contribution is -2.17. The number of carbonyl (C=O) groups excluding carboxylic acids is 1. The molecule has 170 valence electrons. The Labute approximate surface area is 182 Å². The molecule has 0 unspecified atom stereocenters. The van der Waals surface area contributed by atoms with Crippen LogP contribution in [0.4, 0.5) is 24.5 Å². The Balaban J connectivity index is 1.88. The van der Waals surface area contributed by atoms with E-state index in [4.69, 9.17) is 4.74 Å². The molecular weight excluding hydrogens is 449 g/mol. The standard InChI is InChI=1S/C20H19F3N4O4S/c1-12-4-5-14(10-15(12)20(21,22)23)26-32(29,30)18-7-6-13(11-17(18)31-3)25-19(28)16-8-9-24-27(16)2/h4-11,26H,1-3H3,(H,25,28). The first-order valence-corrected chi connectivity index (χ1v) is 10.6. The molecule has 0 fully saturated rings. The number of benzene rings is 2. The summed E-state index contributed by atoms with van der Waals surface area (Å²) in [5, 5.41) is 6.50. The Morgan fingerprint density at radius 1 is 1.09 bits per heavy atom. The number of ether oxygens (including phenoxy) is 1. The molecule has 32 heavy (non-hydrogen) atoms. The molecule has 0 aliphatic heterocycles. The molecule has 0 aliphatic rings. The summed E-state index contributed by atoms with van der Waals surface area (Å²) >= 11 is 0. The molecule has 0 spiro atoms. The second-order valence-electron chi connectivity index (χ2n) is 6.79. The minimum atomic E-state index is -4.63. The van der Waals surface area contributed by atoms with Crippen molar-refractivity contribution in [1.29, 1.82) is 0 Å². The normalized spacial score (nSPS) is 11.8. The highest BCUT2D eigenvalue weighted by Crippen LogP contribution is 2.35. The van der Waals surface area contributed by atoms with E-state index >= 15 is 0 Å². The number of halogens is 3. The van der Waals surface area contributed by atoms with E-state index in [1.807, 2.05) is 0 Å². The SMILES string of the molecule is COc1cc(NC(=O)c2ccnn2C)ccc1S(=O)(=O)Nc1ccc(C)c(C(F)(F)F)c1. The van der Waals surface area contributed by atoms with Gasteiger partial charge in [-0.15, -0.1) is 0 Å². The average molecular weight is 468 g/mol. The number of hydrogen-bond acceptors (Lipinski definition) is 5. The monoisotopic (exact) mass is 468 g/mol. The first kappa shape index (κ1) is 23.1. The van der Waals surface area contributed by atoms with E-state index in [2.05, 4.69) is 15.1 Å². The molecule has 2 aromatic carbocycles. The molecule has 0 aliphatic carbocycles. The van der Waals surface area contributed by atoms with Crippen LogP contribution < -0.4 is 14.8 Å². The van der Waals surface area contributed by atoms with E-state index in [1.54, 1.807) is 7.05 Å². The van der Waals surface area contributed by atoms with Crippen molar-refractivity contribution in [2.45, 2.75) is 18.0 Å². The van der Waals surface area contributed by atoms with Crippen LogP contribution in [0.15, 0.2) is 53.6 Å². The molecule has 3 aromatic rings. The molecular formula is C20H19F3N4O4S. The Morgan fingerprint density at radius 3 is 2.38 bits per heavy atom. The second kappa shape index (κ2) is 8.54. The van der Waals surface area contributed by atoms with E-state index in [0.29, 0.717) is 0 Å². The fourth-order valence-corrected chi connectivity index (χ4v) is 4.16. The number of alkyl halides is 3. The van der Waals surface area contributed by atoms with Gasteiger partial charge in [0, 0.05) is 30.7 Å². The summed E-state index contributed by atoms with van der Waals surface area (Å²) in [7, 11) is -1.48. The summed E-state index contributed by atoms with van der Waals surface area (Å²) in [5.41, 5.74) is -0.702. The quantitative estimate of drug-likeness (QED) is 0.573. The molecule has 0 saturated carbocycles. The predicted octanol–water partition coefficient (Wildman–Crippen LogP) is 3.81. The van der Waals surface area contributed by atoms with Crippen LogP contribution in [0.1, 0.15) is 21.6 Å². The number of anilines is 2. The topological polar surface area (TPSA) is 102 Å². The van der Waals surface area contributed by atoms with Gasteiger partial charge in [-0.2, -0.15) is 18.3 Å². The molecule has 0 atom stereocenters. The van der Waals surface area contributed by atoms with Crippen molar-refractivity contribution in [2.24, 2.45) is 7.05 Å². The fourth-order valence-electron chi connectivity index (χ4n) is 2.96. The molecule has 1 heterocycles. The third-order valence-corrected chi connectivity index (χ3v) is 5.98. The van der Waals surface area contributed by atoms with Gasteiger partial charge in [0.2, 0.25) is 0 Å². The molecule has 0 bridgehead atoms. The van der Waals surface area contributed by atoms with E-state index in [-0.39, 0.29) is 33.3 Å². The van der Waals surface area contributed by atoms with Crippen LogP contribution in [0.2, 0.25) is 0 Å². The molecule has 1 aromatic heterocycles. The maximum Gasteiger partial charge on any atom is 0.416 e. The number of rotatable bonds is 6. The van der Waals surface area contributed by atoms with Crippen molar-refractivity contribution < 1.29 is 31.1 Å². The number of aromatic nitrogens is 2. The van der Waals surface area contributed by atoms with Crippen LogP contribution in [0.25, 0.3) is 0 Å². The fraction of sp³-hybridized carbons (Fsp3) is 0.200. The molecule has 3 rings (SSSR count). The largest absolute Gasteiger partial charge is 0.495 e. The smallest absolute Gasteiger partial charge is 0.416 e. The third-order valence-electron chi connectivity index (χ3n) is 4.56. The van der Waals surface area contributed by atoms with E-state index in [0.717, 1.165) is 6.07 Å². The van der Waals surface area contributed by atoms with Gasteiger partial charge in [0.05, 0.1) is 12.7 Å². The van der Waals surface area contributed by atoms with Crippen LogP contribution in [-0.2, 0) is 23.2 Å². The van der Waals surface area contributed by atoms with Crippen LogP contribution in [0.3, 0.4) is 0 Å². The van der Waals surface area contributed by atoms with Gasteiger partial charge >= 0.3 is 6.18 Å². The van der Waals surface area contributed by atoms with E-state index in [1.165, 1.54) is 61.3 Å². The zero-order chi connectivity index (χ0) is 23.7. The van der Waals surface area contributed by atoms with Gasteiger partial charge in [-0.3, -0.25) is 14.2 Å². The van der Waals surface area contributed by atoms with Gasteiger partial charge in [-0.25, -0.2) is 8.42 Å². The molecule has 0 radical (unpaired) electrons. The van der Waals surface area contributed by atoms with Crippen LogP contribution in [0.5, 0.6) is 5.75 Å². The number of aryl methyl sites for hydroxylation is 2. The highest BCUT2D eigenvalue weighted by atomic mass is 32.2. The van der Waals surface area contributed by atoms with E-state index < -0.39 is 27.7 Å². The van der Waals surface area contributed by atoms with Crippen molar-refractivity contribution in [1.82, 2.24) is 9.78 Å². The van der Waals surface area contributed by atoms with Crippen LogP contribution >= 0.6 is 0 Å². The lowest BCUT2D eigenvalue weighted by atomic mass is 10.1. The third kappa shape index (κ3) is 4.85. The molecule has 12 heteroatoms. The number of sulfonamides is 1. The zero-order valence-corrected chi connectivity index (χ0v) is 18.0. The number of hydrogen-bond donors (Lipinski definition) is 2. The number of amides is 1. The van der Waals surface area contributed by atoms with Gasteiger partial charge in [-0.05, 0) is 42.8 Å². The van der Waals surface area contributed by atoms with Gasteiger partial charge in [0.1, 0.15) is 16.3 Å². The average Bonchev–Trinajstić information content (AvgIpc) is 3.14. The van der Waals surface area contributed by atoms with Crippen LogP contribution in [0, 0.1) is 6.92 Å². The van der Waals surface area contributed by atoms with Crippen molar-refractivity contribution in [3.05, 3.63) is 65.5 Å². The number of nitrogens with one attached hydrogen (secondary N) is 2. The Hall–Kier alpha value is -3.54. The lowest BCUT2D eigenvalue weighted by Gasteiger charge is -2.15. The lowest BCUT2D eigenvalue weighted by molar-refractivity contribution is -0.138. The highest BCUT2D eigenvalue weighted by Gasteiger charge is 2.33. The maximum atomic E-state index is 13.1. The maximum absolute atomic E-state index is 13.1. The first-order chi connectivity index (χ1) is 14.9. The van der Waals surface area contributed by atoms with Gasteiger partial charge in [0.25, 0.3) is 15.9 Å². The molecule has 1 amide bonds. The Kier molecular flexibility index (Phi) is 6.17. The van der Waals surface area contributed by atoms with Gasteiger partial charge in [0.15, 0.2) is 0 Å². The molecule has 2 N–H and O–H groups in total. The second-order valence-corrected chi connectivity index (χ2v) is 8.44. The van der Waals surface area contributed by atoms with Gasteiger partial charge < -0.3 is 10.1 Å². The summed E-state index contributed by atoms with van der Waals surface area (Å²) in [4.78, 5) is 12.0. The number of carbonyl (C=O) groups is 1. The first-order valence-electron chi connectivity index (χ1n) is 9.10. The minimum absolute atomic E-state index is 0.0356. The van der Waals surface area contributed by atoms with E-state index in [9.17, 15) is 26.4 Å². The Bertz CT molecular complexity index is 1270. The van der Waals surface area contributed by atoms with Crippen LogP contribution in [-0.4, -0.2) is 31.2 Å². The summed E-state index contributed by atoms with van der Waals surface area (Å²) in [6, 6.07) is 8.44. The summed E-state index contributed by atoms with van der Waals surface area (Å²) in [6.07, 6.45) is -3.18.